The lowest BCUT2D eigenvalue weighted by atomic mass is 10.1. The number of aromatic carboxylic acids is 1. The van der Waals surface area contributed by atoms with Crippen molar-refractivity contribution < 1.29 is 19.4 Å². The van der Waals surface area contributed by atoms with Crippen LogP contribution in [0.1, 0.15) is 27.0 Å². The maximum absolute atomic E-state index is 11.9. The first-order chi connectivity index (χ1) is 14.5. The van der Waals surface area contributed by atoms with Gasteiger partial charge in [-0.3, -0.25) is 0 Å². The molecule has 3 N–H and O–H groups in total. The Morgan fingerprint density at radius 1 is 1.00 bits per heavy atom. The summed E-state index contributed by atoms with van der Waals surface area (Å²) < 4.78 is 5.82. The molecule has 0 saturated carbocycles. The highest BCUT2D eigenvalue weighted by atomic mass is 16.5. The number of hydrogen-bond donors (Lipinski definition) is 3. The molecule has 0 atom stereocenters. The monoisotopic (exact) mass is 403 g/mol. The third kappa shape index (κ3) is 5.93. The molecule has 0 spiro atoms. The summed E-state index contributed by atoms with van der Waals surface area (Å²) in [6, 6.07) is 20.7. The molecule has 7 nitrogen and oxygen atoms in total. The minimum absolute atomic E-state index is 0.223. The number of carboxylic acid groups (broad SMARTS) is 1. The smallest absolute Gasteiger partial charge is 0.339 e. The fourth-order valence-electron chi connectivity index (χ4n) is 2.58. The molecule has 2 amide bonds. The van der Waals surface area contributed by atoms with E-state index in [-0.39, 0.29) is 12.2 Å². The second kappa shape index (κ2) is 9.88. The number of rotatable bonds is 7. The Bertz CT molecular complexity index is 1040. The summed E-state index contributed by atoms with van der Waals surface area (Å²) in [5, 5.41) is 15.6. The largest absolute Gasteiger partial charge is 0.488 e. The number of urea groups is 1. The molecule has 0 aliphatic rings. The highest BCUT2D eigenvalue weighted by molar-refractivity contribution is 5.91. The van der Waals surface area contributed by atoms with Gasteiger partial charge >= 0.3 is 12.0 Å². The molecule has 0 aliphatic heterocycles. The average molecular weight is 403 g/mol. The summed E-state index contributed by atoms with van der Waals surface area (Å²) in [5.74, 6) is -0.382. The van der Waals surface area contributed by atoms with Gasteiger partial charge in [0.25, 0.3) is 0 Å². The van der Waals surface area contributed by atoms with E-state index >= 15 is 0 Å². The Hall–Kier alpha value is -4.13. The summed E-state index contributed by atoms with van der Waals surface area (Å²) in [6.45, 7) is 2.24. The summed E-state index contributed by atoms with van der Waals surface area (Å²) >= 11 is 0. The summed E-state index contributed by atoms with van der Waals surface area (Å²) in [6.07, 6.45) is 1.50. The summed E-state index contributed by atoms with van der Waals surface area (Å²) in [7, 11) is 0. The van der Waals surface area contributed by atoms with E-state index in [2.05, 4.69) is 15.8 Å². The Morgan fingerprint density at radius 2 is 1.70 bits per heavy atom. The number of nitrogens with one attached hydrogen (secondary N) is 2. The van der Waals surface area contributed by atoms with Gasteiger partial charge < -0.3 is 15.2 Å². The maximum atomic E-state index is 11.9. The number of carbonyl (C=O) groups is 2. The Morgan fingerprint density at radius 3 is 2.40 bits per heavy atom. The lowest BCUT2D eigenvalue weighted by Gasteiger charge is -2.09. The van der Waals surface area contributed by atoms with Crippen LogP contribution < -0.4 is 15.5 Å². The van der Waals surface area contributed by atoms with Crippen LogP contribution in [0, 0.1) is 6.92 Å². The minimum Gasteiger partial charge on any atom is -0.488 e. The molecule has 3 aromatic rings. The Balaban J connectivity index is 1.57. The number of ether oxygens (including phenoxy) is 1. The van der Waals surface area contributed by atoms with Crippen molar-refractivity contribution >= 4 is 23.9 Å². The zero-order chi connectivity index (χ0) is 21.3. The minimum atomic E-state index is -0.969. The van der Waals surface area contributed by atoms with Crippen molar-refractivity contribution in [3.05, 3.63) is 95.1 Å². The van der Waals surface area contributed by atoms with Crippen LogP contribution in [-0.2, 0) is 6.61 Å². The molecule has 0 fully saturated rings. The van der Waals surface area contributed by atoms with E-state index in [1.807, 2.05) is 49.4 Å². The molecule has 3 aromatic carbocycles. The van der Waals surface area contributed by atoms with Crippen molar-refractivity contribution in [1.29, 1.82) is 0 Å². The number of para-hydroxylation sites is 1. The highest BCUT2D eigenvalue weighted by Crippen LogP contribution is 2.18. The van der Waals surface area contributed by atoms with Crippen molar-refractivity contribution in [3.8, 4) is 5.75 Å². The molecule has 0 radical (unpaired) electrons. The van der Waals surface area contributed by atoms with E-state index < -0.39 is 12.0 Å². The molecule has 0 unspecified atom stereocenters. The number of carbonyl (C=O) groups excluding carboxylic acids is 1. The van der Waals surface area contributed by atoms with Gasteiger partial charge in [-0.15, -0.1) is 0 Å². The van der Waals surface area contributed by atoms with E-state index in [1.165, 1.54) is 18.3 Å². The van der Waals surface area contributed by atoms with Crippen LogP contribution >= 0.6 is 0 Å². The fraction of sp³-hybridized carbons (Fsp3) is 0.0870. The lowest BCUT2D eigenvalue weighted by Crippen LogP contribution is -2.24. The van der Waals surface area contributed by atoms with Gasteiger partial charge in [0.15, 0.2) is 0 Å². The topological polar surface area (TPSA) is 100 Å². The predicted octanol–water partition coefficient (Wildman–Crippen LogP) is 4.43. The molecule has 3 rings (SSSR count). The number of anilines is 1. The first kappa shape index (κ1) is 20.6. The maximum Gasteiger partial charge on any atom is 0.339 e. The zero-order valence-corrected chi connectivity index (χ0v) is 16.3. The number of aryl methyl sites for hydroxylation is 1. The van der Waals surface area contributed by atoms with Crippen molar-refractivity contribution in [1.82, 2.24) is 5.43 Å². The number of nitrogens with zero attached hydrogens (tertiary/aromatic N) is 1. The van der Waals surface area contributed by atoms with Crippen LogP contribution in [0.2, 0.25) is 0 Å². The molecule has 0 aliphatic carbocycles. The Kier molecular flexibility index (Phi) is 6.78. The van der Waals surface area contributed by atoms with Crippen LogP contribution in [0.4, 0.5) is 10.5 Å². The molecule has 0 heterocycles. The van der Waals surface area contributed by atoms with Gasteiger partial charge in [-0.1, -0.05) is 42.0 Å². The molecule has 0 aromatic heterocycles. The van der Waals surface area contributed by atoms with Crippen LogP contribution in [0.3, 0.4) is 0 Å². The van der Waals surface area contributed by atoms with Crippen molar-refractivity contribution in [2.75, 3.05) is 5.32 Å². The molecular formula is C23H21N3O4. The third-order valence-electron chi connectivity index (χ3n) is 4.19. The van der Waals surface area contributed by atoms with Crippen LogP contribution in [0.15, 0.2) is 77.9 Å². The van der Waals surface area contributed by atoms with Crippen LogP contribution in [0.25, 0.3) is 0 Å². The van der Waals surface area contributed by atoms with Crippen molar-refractivity contribution in [3.63, 3.8) is 0 Å². The molecule has 152 valence electrons. The SMILES string of the molecule is Cc1ccc(NC(=O)N/N=C/c2ccccc2OCc2ccc(C(=O)O)cc2)cc1. The zero-order valence-electron chi connectivity index (χ0n) is 16.3. The first-order valence-electron chi connectivity index (χ1n) is 9.22. The van der Waals surface area contributed by atoms with Crippen molar-refractivity contribution in [2.45, 2.75) is 13.5 Å². The van der Waals surface area contributed by atoms with Gasteiger partial charge in [0.05, 0.1) is 11.8 Å². The van der Waals surface area contributed by atoms with Crippen molar-refractivity contribution in [2.24, 2.45) is 5.10 Å². The quantitative estimate of drug-likeness (QED) is 0.401. The number of carboxylic acids is 1. The second-order valence-corrected chi connectivity index (χ2v) is 6.52. The van der Waals surface area contributed by atoms with Gasteiger partial charge in [-0.25, -0.2) is 15.0 Å². The highest BCUT2D eigenvalue weighted by Gasteiger charge is 2.05. The van der Waals surface area contributed by atoms with Crippen LogP contribution in [-0.4, -0.2) is 23.3 Å². The number of hydrogen-bond acceptors (Lipinski definition) is 4. The second-order valence-electron chi connectivity index (χ2n) is 6.52. The van der Waals surface area contributed by atoms with E-state index in [4.69, 9.17) is 9.84 Å². The Labute approximate surface area is 174 Å². The van der Waals surface area contributed by atoms with Gasteiger partial charge in [0.1, 0.15) is 12.4 Å². The number of amides is 2. The van der Waals surface area contributed by atoms with Gasteiger partial charge in [-0.05, 0) is 48.9 Å². The normalized spacial score (nSPS) is 10.6. The fourth-order valence-corrected chi connectivity index (χ4v) is 2.58. The summed E-state index contributed by atoms with van der Waals surface area (Å²) in [4.78, 5) is 22.9. The summed E-state index contributed by atoms with van der Waals surface area (Å²) in [5.41, 5.74) is 5.95. The van der Waals surface area contributed by atoms with Gasteiger partial charge in [-0.2, -0.15) is 5.10 Å². The van der Waals surface area contributed by atoms with Crippen LogP contribution in [0.5, 0.6) is 5.75 Å². The standard InChI is InChI=1S/C23H21N3O4/c1-16-6-12-20(13-7-16)25-23(29)26-24-14-19-4-2-3-5-21(19)30-15-17-8-10-18(11-9-17)22(27)28/h2-14H,15H2,1H3,(H,27,28)(H2,25,26,29)/b24-14+. The van der Waals surface area contributed by atoms with E-state index in [0.717, 1.165) is 11.1 Å². The number of benzene rings is 3. The third-order valence-corrected chi connectivity index (χ3v) is 4.19. The van der Waals surface area contributed by atoms with Gasteiger partial charge in [0, 0.05) is 11.3 Å². The molecule has 0 bridgehead atoms. The van der Waals surface area contributed by atoms with E-state index in [1.54, 1.807) is 18.2 Å². The molecular weight excluding hydrogens is 382 g/mol. The molecule has 7 heteroatoms. The molecule has 30 heavy (non-hydrogen) atoms. The first-order valence-corrected chi connectivity index (χ1v) is 9.22. The van der Waals surface area contributed by atoms with Gasteiger partial charge in [0.2, 0.25) is 0 Å². The average Bonchev–Trinajstić information content (AvgIpc) is 2.75. The molecule has 0 saturated heterocycles. The lowest BCUT2D eigenvalue weighted by molar-refractivity contribution is 0.0697. The number of hydrazone groups is 1. The van der Waals surface area contributed by atoms with E-state index in [0.29, 0.717) is 17.0 Å². The van der Waals surface area contributed by atoms with E-state index in [9.17, 15) is 9.59 Å². The predicted molar refractivity (Wildman–Crippen MR) is 115 cm³/mol.